The van der Waals surface area contributed by atoms with Crippen LogP contribution in [0.1, 0.15) is 33.1 Å². The van der Waals surface area contributed by atoms with Crippen LogP contribution in [0.5, 0.6) is 0 Å². The second-order valence-electron chi connectivity index (χ2n) is 2.92. The first-order valence-electron chi connectivity index (χ1n) is 4.65. The Hall–Kier alpha value is -1.14. The highest BCUT2D eigenvalue weighted by atomic mass is 16.4. The van der Waals surface area contributed by atoms with Crippen LogP contribution in [0.15, 0.2) is 0 Å². The van der Waals surface area contributed by atoms with Crippen LogP contribution in [-0.2, 0) is 9.59 Å². The number of hydrogen-bond acceptors (Lipinski definition) is 4. The zero-order valence-corrected chi connectivity index (χ0v) is 8.88. The zero-order chi connectivity index (χ0) is 12.4. The zero-order valence-electron chi connectivity index (χ0n) is 8.88. The molecule has 15 heavy (non-hydrogen) atoms. The second kappa shape index (κ2) is 9.42. The molecule has 4 N–H and O–H groups in total. The van der Waals surface area contributed by atoms with Crippen molar-refractivity contribution in [2.75, 3.05) is 0 Å². The Morgan fingerprint density at radius 1 is 1.07 bits per heavy atom. The van der Waals surface area contributed by atoms with Crippen molar-refractivity contribution in [3.63, 3.8) is 0 Å². The van der Waals surface area contributed by atoms with E-state index in [1.807, 2.05) is 0 Å². The van der Waals surface area contributed by atoms with Gasteiger partial charge in [0, 0.05) is 0 Å². The highest BCUT2D eigenvalue weighted by Crippen LogP contribution is 1.94. The van der Waals surface area contributed by atoms with Gasteiger partial charge in [-0.1, -0.05) is 13.8 Å². The Balaban J connectivity index is 0. The SMILES string of the molecule is CCC(O)C(=O)O.CCC(O)CC(=O)O. The number of carboxylic acid groups (broad SMARTS) is 2. The maximum absolute atomic E-state index is 9.81. The standard InChI is InChI=1S/C5H10O3.C4H8O3/c1-2-4(6)3-5(7)8;1-2-3(5)4(6)7/h4,6H,2-3H2,1H3,(H,7,8);3,5H,2H2,1H3,(H,6,7). The molecule has 0 fully saturated rings. The summed E-state index contributed by atoms with van der Waals surface area (Å²) in [5.74, 6) is -2.10. The van der Waals surface area contributed by atoms with Crippen LogP contribution >= 0.6 is 0 Å². The Kier molecular flexibility index (Phi) is 10.2. The lowest BCUT2D eigenvalue weighted by Crippen LogP contribution is -2.17. The fraction of sp³-hybridized carbons (Fsp3) is 0.778. The molecule has 2 atom stereocenters. The van der Waals surface area contributed by atoms with Gasteiger partial charge in [0.25, 0.3) is 0 Å². The average Bonchev–Trinajstić information content (AvgIpc) is 2.16. The Morgan fingerprint density at radius 3 is 1.60 bits per heavy atom. The number of carbonyl (C=O) groups is 2. The molecule has 0 saturated heterocycles. The molecular formula is C9H18O6. The summed E-state index contributed by atoms with van der Waals surface area (Å²) in [5, 5.41) is 33.0. The predicted molar refractivity (Wildman–Crippen MR) is 52.5 cm³/mol. The summed E-state index contributed by atoms with van der Waals surface area (Å²) < 4.78 is 0. The van der Waals surface area contributed by atoms with E-state index in [9.17, 15) is 9.59 Å². The Morgan fingerprint density at radius 2 is 1.53 bits per heavy atom. The molecule has 0 spiro atoms. The van der Waals surface area contributed by atoms with Crippen LogP contribution in [0.3, 0.4) is 0 Å². The van der Waals surface area contributed by atoms with Crippen molar-refractivity contribution in [3.05, 3.63) is 0 Å². The smallest absolute Gasteiger partial charge is 0.332 e. The third-order valence-corrected chi connectivity index (χ3v) is 1.55. The van der Waals surface area contributed by atoms with Gasteiger partial charge in [0.15, 0.2) is 6.10 Å². The Bertz CT molecular complexity index is 191. The monoisotopic (exact) mass is 222 g/mol. The summed E-state index contributed by atoms with van der Waals surface area (Å²) in [6.07, 6.45) is -1.22. The molecule has 0 aliphatic rings. The van der Waals surface area contributed by atoms with Gasteiger partial charge in [-0.3, -0.25) is 4.79 Å². The molecule has 0 rings (SSSR count). The first-order chi connectivity index (χ1) is 6.84. The van der Waals surface area contributed by atoms with E-state index in [0.717, 1.165) is 0 Å². The van der Waals surface area contributed by atoms with E-state index in [4.69, 9.17) is 20.4 Å². The summed E-state index contributed by atoms with van der Waals surface area (Å²) in [4.78, 5) is 19.5. The van der Waals surface area contributed by atoms with Gasteiger partial charge in [0.2, 0.25) is 0 Å². The maximum atomic E-state index is 9.81. The van der Waals surface area contributed by atoms with Crippen molar-refractivity contribution in [3.8, 4) is 0 Å². The van der Waals surface area contributed by atoms with Crippen LogP contribution in [-0.4, -0.2) is 44.6 Å². The summed E-state index contributed by atoms with van der Waals surface area (Å²) in [7, 11) is 0. The van der Waals surface area contributed by atoms with E-state index in [-0.39, 0.29) is 12.8 Å². The van der Waals surface area contributed by atoms with Crippen molar-refractivity contribution in [1.29, 1.82) is 0 Å². The number of rotatable bonds is 5. The van der Waals surface area contributed by atoms with E-state index in [1.165, 1.54) is 0 Å². The van der Waals surface area contributed by atoms with E-state index in [1.54, 1.807) is 13.8 Å². The molecule has 0 bridgehead atoms. The normalized spacial score (nSPS) is 13.3. The molecule has 0 aliphatic carbocycles. The molecule has 2 unspecified atom stereocenters. The largest absolute Gasteiger partial charge is 0.481 e. The van der Waals surface area contributed by atoms with Crippen LogP contribution in [0.2, 0.25) is 0 Å². The van der Waals surface area contributed by atoms with E-state index in [2.05, 4.69) is 0 Å². The van der Waals surface area contributed by atoms with Gasteiger partial charge in [0.05, 0.1) is 12.5 Å². The minimum Gasteiger partial charge on any atom is -0.481 e. The fourth-order valence-electron chi connectivity index (χ4n) is 0.521. The van der Waals surface area contributed by atoms with Gasteiger partial charge in [-0.15, -0.1) is 0 Å². The molecule has 0 amide bonds. The molecule has 0 saturated carbocycles. The van der Waals surface area contributed by atoms with Gasteiger partial charge in [0.1, 0.15) is 0 Å². The predicted octanol–water partition coefficient (Wildman–Crippen LogP) is 0.0739. The van der Waals surface area contributed by atoms with E-state index in [0.29, 0.717) is 6.42 Å². The lowest BCUT2D eigenvalue weighted by Gasteiger charge is -2.00. The second-order valence-corrected chi connectivity index (χ2v) is 2.92. The number of aliphatic hydroxyl groups excluding tert-OH is 2. The molecule has 0 radical (unpaired) electrons. The van der Waals surface area contributed by atoms with E-state index >= 15 is 0 Å². The summed E-state index contributed by atoms with van der Waals surface area (Å²) in [6.45, 7) is 3.35. The highest BCUT2D eigenvalue weighted by molar-refractivity contribution is 5.71. The number of aliphatic hydroxyl groups is 2. The number of aliphatic carboxylic acids is 2. The maximum Gasteiger partial charge on any atom is 0.332 e. The lowest BCUT2D eigenvalue weighted by atomic mass is 10.2. The quantitative estimate of drug-likeness (QED) is 0.523. The average molecular weight is 222 g/mol. The molecule has 0 aromatic heterocycles. The summed E-state index contributed by atoms with van der Waals surface area (Å²) in [6, 6.07) is 0. The highest BCUT2D eigenvalue weighted by Gasteiger charge is 2.07. The lowest BCUT2D eigenvalue weighted by molar-refractivity contribution is -0.146. The van der Waals surface area contributed by atoms with Crippen LogP contribution in [0, 0.1) is 0 Å². The Labute approximate surface area is 88.2 Å². The van der Waals surface area contributed by atoms with Crippen molar-refractivity contribution in [2.45, 2.75) is 45.3 Å². The van der Waals surface area contributed by atoms with Crippen molar-refractivity contribution in [2.24, 2.45) is 0 Å². The minimum atomic E-state index is -1.18. The molecule has 0 aromatic rings. The molecule has 0 aliphatic heterocycles. The van der Waals surface area contributed by atoms with Gasteiger partial charge < -0.3 is 20.4 Å². The molecule has 6 nitrogen and oxygen atoms in total. The molecule has 0 aromatic carbocycles. The van der Waals surface area contributed by atoms with Crippen LogP contribution in [0.25, 0.3) is 0 Å². The fourth-order valence-corrected chi connectivity index (χ4v) is 0.521. The topological polar surface area (TPSA) is 115 Å². The first kappa shape index (κ1) is 16.3. The first-order valence-corrected chi connectivity index (χ1v) is 4.65. The van der Waals surface area contributed by atoms with Gasteiger partial charge in [-0.2, -0.15) is 0 Å². The third kappa shape index (κ3) is 12.9. The van der Waals surface area contributed by atoms with Gasteiger partial charge in [-0.05, 0) is 12.8 Å². The third-order valence-electron chi connectivity index (χ3n) is 1.55. The molecule has 90 valence electrons. The summed E-state index contributed by atoms with van der Waals surface area (Å²) in [5.41, 5.74) is 0. The summed E-state index contributed by atoms with van der Waals surface area (Å²) >= 11 is 0. The molecular weight excluding hydrogens is 204 g/mol. The number of hydrogen-bond donors (Lipinski definition) is 4. The van der Waals surface area contributed by atoms with Crippen LogP contribution < -0.4 is 0 Å². The van der Waals surface area contributed by atoms with Gasteiger partial charge >= 0.3 is 11.9 Å². The van der Waals surface area contributed by atoms with Crippen LogP contribution in [0.4, 0.5) is 0 Å². The minimum absolute atomic E-state index is 0.142. The van der Waals surface area contributed by atoms with Crippen molar-refractivity contribution >= 4 is 11.9 Å². The number of carboxylic acids is 2. The van der Waals surface area contributed by atoms with Crippen molar-refractivity contribution in [1.82, 2.24) is 0 Å². The van der Waals surface area contributed by atoms with Gasteiger partial charge in [-0.25, -0.2) is 4.79 Å². The molecule has 6 heteroatoms. The molecule has 0 heterocycles. The van der Waals surface area contributed by atoms with Crippen molar-refractivity contribution < 1.29 is 30.0 Å². The van der Waals surface area contributed by atoms with E-state index < -0.39 is 24.1 Å².